The number of rotatable bonds is 1. The lowest BCUT2D eigenvalue weighted by atomic mass is 10.0. The molecule has 1 nitrogen and oxygen atoms in total. The molecule has 0 aliphatic rings. The third-order valence-electron chi connectivity index (χ3n) is 2.61. The number of hydrogen-bond donors (Lipinski definition) is 0. The molecule has 2 aromatic rings. The Morgan fingerprint density at radius 1 is 1.14 bits per heavy atom. The third-order valence-corrected chi connectivity index (χ3v) is 2.61. The van der Waals surface area contributed by atoms with E-state index in [4.69, 9.17) is 0 Å². The molecule has 1 heteroatoms. The van der Waals surface area contributed by atoms with Crippen LogP contribution in [-0.4, -0.2) is 4.98 Å². The number of nitrogens with zero attached hydrogens (tertiary/aromatic N) is 1. The first-order chi connectivity index (χ1) is 6.70. The second-order valence-corrected chi connectivity index (χ2v) is 3.83. The van der Waals surface area contributed by atoms with E-state index in [-0.39, 0.29) is 0 Å². The van der Waals surface area contributed by atoms with Gasteiger partial charge in [-0.2, -0.15) is 0 Å². The van der Waals surface area contributed by atoms with Crippen molar-refractivity contribution in [2.24, 2.45) is 0 Å². The Bertz CT molecular complexity index is 472. The van der Waals surface area contributed by atoms with Gasteiger partial charge in [-0.3, -0.25) is 4.98 Å². The van der Waals surface area contributed by atoms with Crippen molar-refractivity contribution in [2.45, 2.75) is 27.2 Å². The van der Waals surface area contributed by atoms with E-state index in [1.807, 2.05) is 6.20 Å². The van der Waals surface area contributed by atoms with Gasteiger partial charge in [0.25, 0.3) is 0 Å². The van der Waals surface area contributed by atoms with Gasteiger partial charge in [-0.15, -0.1) is 0 Å². The van der Waals surface area contributed by atoms with Crippen LogP contribution in [0.5, 0.6) is 0 Å². The smallest absolute Gasteiger partial charge is 0.0407 e. The maximum absolute atomic E-state index is 4.42. The van der Waals surface area contributed by atoms with Crippen LogP contribution >= 0.6 is 0 Å². The second kappa shape index (κ2) is 3.41. The van der Waals surface area contributed by atoms with E-state index in [0.29, 0.717) is 0 Å². The molecule has 1 aromatic heterocycles. The van der Waals surface area contributed by atoms with Gasteiger partial charge < -0.3 is 0 Å². The molecule has 1 heterocycles. The fraction of sp³-hybridized carbons (Fsp3) is 0.308. The summed E-state index contributed by atoms with van der Waals surface area (Å²) in [5.41, 5.74) is 3.81. The molecule has 0 saturated carbocycles. The lowest BCUT2D eigenvalue weighted by Crippen LogP contribution is -1.88. The van der Waals surface area contributed by atoms with Crippen molar-refractivity contribution in [3.8, 4) is 0 Å². The van der Waals surface area contributed by atoms with Crippen molar-refractivity contribution in [3.63, 3.8) is 0 Å². The molecule has 0 N–H and O–H groups in total. The molecule has 0 aliphatic heterocycles. The van der Waals surface area contributed by atoms with Crippen LogP contribution in [0.25, 0.3) is 10.8 Å². The first kappa shape index (κ1) is 9.20. The standard InChI is InChI=1S/C13H15N/c1-4-12-7-11-6-9(2)5-10(3)13(11)8-14-12/h5-8H,4H2,1-3H3. The van der Waals surface area contributed by atoms with E-state index >= 15 is 0 Å². The molecular weight excluding hydrogens is 170 g/mol. The summed E-state index contributed by atoms with van der Waals surface area (Å²) in [5, 5.41) is 2.59. The molecule has 0 aliphatic carbocycles. The van der Waals surface area contributed by atoms with Crippen LogP contribution < -0.4 is 0 Å². The normalized spacial score (nSPS) is 10.8. The van der Waals surface area contributed by atoms with Crippen LogP contribution in [0.4, 0.5) is 0 Å². The molecule has 0 radical (unpaired) electrons. The van der Waals surface area contributed by atoms with Gasteiger partial charge in [-0.25, -0.2) is 0 Å². The minimum absolute atomic E-state index is 1.00. The Labute approximate surface area is 84.8 Å². The number of benzene rings is 1. The summed E-state index contributed by atoms with van der Waals surface area (Å²) < 4.78 is 0. The van der Waals surface area contributed by atoms with E-state index in [1.165, 1.54) is 27.6 Å². The van der Waals surface area contributed by atoms with Crippen molar-refractivity contribution in [1.82, 2.24) is 4.98 Å². The highest BCUT2D eigenvalue weighted by atomic mass is 14.7. The van der Waals surface area contributed by atoms with Crippen molar-refractivity contribution >= 4 is 10.8 Å². The fourth-order valence-corrected chi connectivity index (χ4v) is 1.86. The number of pyridine rings is 1. The zero-order chi connectivity index (χ0) is 10.1. The first-order valence-corrected chi connectivity index (χ1v) is 5.06. The zero-order valence-corrected chi connectivity index (χ0v) is 8.96. The van der Waals surface area contributed by atoms with Crippen LogP contribution in [0.15, 0.2) is 24.4 Å². The maximum Gasteiger partial charge on any atom is 0.0407 e. The molecule has 0 atom stereocenters. The van der Waals surface area contributed by atoms with Crippen molar-refractivity contribution in [1.29, 1.82) is 0 Å². The lowest BCUT2D eigenvalue weighted by molar-refractivity contribution is 1.04. The lowest BCUT2D eigenvalue weighted by Gasteiger charge is -2.05. The van der Waals surface area contributed by atoms with Gasteiger partial charge in [0.1, 0.15) is 0 Å². The SMILES string of the molecule is CCc1cc2cc(C)cc(C)c2cn1. The Morgan fingerprint density at radius 3 is 2.64 bits per heavy atom. The number of hydrogen-bond acceptors (Lipinski definition) is 1. The quantitative estimate of drug-likeness (QED) is 0.663. The van der Waals surface area contributed by atoms with E-state index in [1.54, 1.807) is 0 Å². The van der Waals surface area contributed by atoms with E-state index in [9.17, 15) is 0 Å². The molecule has 0 bridgehead atoms. The van der Waals surface area contributed by atoms with Gasteiger partial charge in [-0.05, 0) is 37.3 Å². The Kier molecular flexibility index (Phi) is 2.24. The number of aromatic nitrogens is 1. The predicted octanol–water partition coefficient (Wildman–Crippen LogP) is 3.41. The summed E-state index contributed by atoms with van der Waals surface area (Å²) in [5.74, 6) is 0. The van der Waals surface area contributed by atoms with Gasteiger partial charge in [0.15, 0.2) is 0 Å². The molecule has 0 fully saturated rings. The van der Waals surface area contributed by atoms with Crippen LogP contribution in [0.2, 0.25) is 0 Å². The molecule has 0 spiro atoms. The minimum Gasteiger partial charge on any atom is -0.261 e. The van der Waals surface area contributed by atoms with E-state index < -0.39 is 0 Å². The van der Waals surface area contributed by atoms with Crippen LogP contribution in [-0.2, 0) is 6.42 Å². The molecular formula is C13H15N. The van der Waals surface area contributed by atoms with Crippen LogP contribution in [0.1, 0.15) is 23.7 Å². The van der Waals surface area contributed by atoms with Gasteiger partial charge >= 0.3 is 0 Å². The zero-order valence-electron chi connectivity index (χ0n) is 8.96. The molecule has 0 saturated heterocycles. The second-order valence-electron chi connectivity index (χ2n) is 3.83. The van der Waals surface area contributed by atoms with E-state index in [0.717, 1.165) is 6.42 Å². The average Bonchev–Trinajstić information content (AvgIpc) is 2.16. The third kappa shape index (κ3) is 1.50. The Balaban J connectivity index is 2.75. The maximum atomic E-state index is 4.42. The molecule has 0 amide bonds. The summed E-state index contributed by atoms with van der Waals surface area (Å²) in [4.78, 5) is 4.42. The molecule has 14 heavy (non-hydrogen) atoms. The predicted molar refractivity (Wildman–Crippen MR) is 60.6 cm³/mol. The Hall–Kier alpha value is -1.37. The van der Waals surface area contributed by atoms with Gasteiger partial charge in [0.05, 0.1) is 0 Å². The van der Waals surface area contributed by atoms with Crippen molar-refractivity contribution < 1.29 is 0 Å². The highest BCUT2D eigenvalue weighted by Gasteiger charge is 2.00. The number of fused-ring (bicyclic) bond motifs is 1. The summed E-state index contributed by atoms with van der Waals surface area (Å²) in [6.45, 7) is 6.41. The largest absolute Gasteiger partial charge is 0.261 e. The molecule has 2 rings (SSSR count). The van der Waals surface area contributed by atoms with Crippen LogP contribution in [0.3, 0.4) is 0 Å². The average molecular weight is 185 g/mol. The number of aryl methyl sites for hydroxylation is 3. The summed E-state index contributed by atoms with van der Waals surface area (Å²) in [7, 11) is 0. The van der Waals surface area contributed by atoms with Crippen molar-refractivity contribution in [2.75, 3.05) is 0 Å². The Morgan fingerprint density at radius 2 is 1.93 bits per heavy atom. The van der Waals surface area contributed by atoms with E-state index in [2.05, 4.69) is 44.0 Å². The monoisotopic (exact) mass is 185 g/mol. The summed E-state index contributed by atoms with van der Waals surface area (Å²) in [6, 6.07) is 6.62. The topological polar surface area (TPSA) is 12.9 Å². The molecule has 0 unspecified atom stereocenters. The van der Waals surface area contributed by atoms with Gasteiger partial charge in [-0.1, -0.05) is 24.6 Å². The highest BCUT2D eigenvalue weighted by molar-refractivity contribution is 5.85. The van der Waals surface area contributed by atoms with Gasteiger partial charge in [0.2, 0.25) is 0 Å². The summed E-state index contributed by atoms with van der Waals surface area (Å²) in [6.07, 6.45) is 2.99. The van der Waals surface area contributed by atoms with Crippen molar-refractivity contribution in [3.05, 3.63) is 41.2 Å². The molecule has 1 aromatic carbocycles. The summed E-state index contributed by atoms with van der Waals surface area (Å²) >= 11 is 0. The highest BCUT2D eigenvalue weighted by Crippen LogP contribution is 2.20. The fourth-order valence-electron chi connectivity index (χ4n) is 1.86. The molecule has 72 valence electrons. The van der Waals surface area contributed by atoms with Crippen LogP contribution in [0, 0.1) is 13.8 Å². The minimum atomic E-state index is 1.00. The van der Waals surface area contributed by atoms with Gasteiger partial charge in [0, 0.05) is 17.3 Å². The first-order valence-electron chi connectivity index (χ1n) is 5.06.